The SMILES string of the molecule is NC(C(=O)NC1C(=O)N2C(C(=O)O)C3(CCSCC3)S[C@@H]12)c1ccccc1. The zero-order valence-corrected chi connectivity index (χ0v) is 16.2. The molecule has 144 valence electrons. The number of carboxylic acids is 1. The maximum absolute atomic E-state index is 12.7. The Balaban J connectivity index is 1.50. The summed E-state index contributed by atoms with van der Waals surface area (Å²) in [6, 6.07) is 6.56. The quantitative estimate of drug-likeness (QED) is 0.633. The lowest BCUT2D eigenvalue weighted by molar-refractivity contribution is -0.161. The monoisotopic (exact) mass is 407 g/mol. The van der Waals surface area contributed by atoms with Crippen LogP contribution in [0.3, 0.4) is 0 Å². The highest BCUT2D eigenvalue weighted by Crippen LogP contribution is 2.56. The smallest absolute Gasteiger partial charge is 0.327 e. The van der Waals surface area contributed by atoms with E-state index in [1.165, 1.54) is 16.7 Å². The number of carbonyl (C=O) groups is 3. The number of nitrogens with one attached hydrogen (secondary N) is 1. The van der Waals surface area contributed by atoms with E-state index in [9.17, 15) is 19.5 Å². The third kappa shape index (κ3) is 3.01. The Morgan fingerprint density at radius 3 is 2.56 bits per heavy atom. The van der Waals surface area contributed by atoms with Crippen molar-refractivity contribution in [3.8, 4) is 0 Å². The summed E-state index contributed by atoms with van der Waals surface area (Å²) in [6.07, 6.45) is 1.51. The van der Waals surface area contributed by atoms with E-state index in [1.807, 2.05) is 17.8 Å². The molecule has 1 spiro atoms. The van der Waals surface area contributed by atoms with Gasteiger partial charge in [0.15, 0.2) is 0 Å². The lowest BCUT2D eigenvalue weighted by atomic mass is 9.88. The van der Waals surface area contributed by atoms with Gasteiger partial charge in [0.1, 0.15) is 23.5 Å². The summed E-state index contributed by atoms with van der Waals surface area (Å²) in [5, 5.41) is 12.2. The second-order valence-electron chi connectivity index (χ2n) is 7.05. The van der Waals surface area contributed by atoms with Crippen LogP contribution in [0.15, 0.2) is 30.3 Å². The molecule has 3 saturated heterocycles. The van der Waals surface area contributed by atoms with Crippen molar-refractivity contribution in [2.24, 2.45) is 5.73 Å². The molecular weight excluding hydrogens is 386 g/mol. The molecule has 4 N–H and O–H groups in total. The Morgan fingerprint density at radius 2 is 1.93 bits per heavy atom. The van der Waals surface area contributed by atoms with Crippen molar-refractivity contribution in [2.45, 2.75) is 41.1 Å². The largest absolute Gasteiger partial charge is 0.480 e. The van der Waals surface area contributed by atoms with E-state index in [0.717, 1.165) is 24.3 Å². The van der Waals surface area contributed by atoms with Gasteiger partial charge in [0.05, 0.1) is 4.75 Å². The molecule has 3 aliphatic rings. The first kappa shape index (κ1) is 18.6. The van der Waals surface area contributed by atoms with Crippen molar-refractivity contribution < 1.29 is 19.5 Å². The van der Waals surface area contributed by atoms with E-state index >= 15 is 0 Å². The Kier molecular flexibility index (Phi) is 4.85. The van der Waals surface area contributed by atoms with Crippen molar-refractivity contribution >= 4 is 41.3 Å². The number of nitrogens with two attached hydrogens (primary N) is 1. The average molecular weight is 408 g/mol. The molecule has 0 saturated carbocycles. The van der Waals surface area contributed by atoms with Crippen LogP contribution in [0.4, 0.5) is 0 Å². The normalized spacial score (nSPS) is 29.7. The number of hydrogen-bond acceptors (Lipinski definition) is 6. The minimum Gasteiger partial charge on any atom is -0.480 e. The Hall–Kier alpha value is -1.71. The molecule has 27 heavy (non-hydrogen) atoms. The molecule has 3 fully saturated rings. The summed E-state index contributed by atoms with van der Waals surface area (Å²) in [5.74, 6) is 0.0644. The van der Waals surface area contributed by atoms with Gasteiger partial charge in [-0.25, -0.2) is 4.79 Å². The zero-order valence-electron chi connectivity index (χ0n) is 14.5. The first-order valence-corrected chi connectivity index (χ1v) is 10.9. The molecule has 0 radical (unpaired) electrons. The molecule has 0 bridgehead atoms. The van der Waals surface area contributed by atoms with Crippen LogP contribution in [0.2, 0.25) is 0 Å². The predicted molar refractivity (Wildman–Crippen MR) is 104 cm³/mol. The van der Waals surface area contributed by atoms with Gasteiger partial charge in [-0.3, -0.25) is 9.59 Å². The number of rotatable bonds is 4. The summed E-state index contributed by atoms with van der Waals surface area (Å²) in [4.78, 5) is 38.6. The van der Waals surface area contributed by atoms with E-state index < -0.39 is 34.7 Å². The van der Waals surface area contributed by atoms with Crippen molar-refractivity contribution in [3.05, 3.63) is 35.9 Å². The van der Waals surface area contributed by atoms with E-state index in [1.54, 1.807) is 24.3 Å². The topological polar surface area (TPSA) is 113 Å². The Labute approximate surface area is 165 Å². The number of hydrogen-bond donors (Lipinski definition) is 3. The van der Waals surface area contributed by atoms with E-state index in [0.29, 0.717) is 5.56 Å². The van der Waals surface area contributed by atoms with Crippen LogP contribution in [-0.2, 0) is 14.4 Å². The minimum atomic E-state index is -0.962. The highest BCUT2D eigenvalue weighted by atomic mass is 32.2. The van der Waals surface area contributed by atoms with Crippen LogP contribution in [0, 0.1) is 0 Å². The second-order valence-corrected chi connectivity index (χ2v) is 9.80. The molecule has 4 atom stereocenters. The first-order valence-electron chi connectivity index (χ1n) is 8.86. The van der Waals surface area contributed by atoms with E-state index in [-0.39, 0.29) is 11.3 Å². The predicted octanol–water partition coefficient (Wildman–Crippen LogP) is 0.805. The van der Waals surface area contributed by atoms with E-state index in [4.69, 9.17) is 5.73 Å². The number of amides is 2. The zero-order chi connectivity index (χ0) is 19.2. The third-order valence-corrected chi connectivity index (χ3v) is 8.35. The number of benzene rings is 1. The maximum atomic E-state index is 12.7. The van der Waals surface area contributed by atoms with Crippen molar-refractivity contribution in [1.29, 1.82) is 0 Å². The molecule has 0 aliphatic carbocycles. The van der Waals surface area contributed by atoms with Crippen LogP contribution in [0.1, 0.15) is 24.4 Å². The van der Waals surface area contributed by atoms with Gasteiger partial charge in [0, 0.05) is 0 Å². The standard InChI is InChI=1S/C18H21N3O4S2/c19-11(10-4-2-1-3-5-10)14(22)20-12-15(23)21-13(17(24)25)18(27-16(12)21)6-8-26-9-7-18/h1-5,11-13,16H,6-9,19H2,(H,20,22)(H,24,25)/t11?,12?,13?,16-/m0/s1. The molecule has 2 amide bonds. The summed E-state index contributed by atoms with van der Waals surface area (Å²) >= 11 is 3.35. The lowest BCUT2D eigenvalue weighted by Crippen LogP contribution is -2.71. The molecule has 7 nitrogen and oxygen atoms in total. The lowest BCUT2D eigenvalue weighted by Gasteiger charge is -2.44. The minimum absolute atomic E-state index is 0.330. The summed E-state index contributed by atoms with van der Waals surface area (Å²) in [6.45, 7) is 0. The van der Waals surface area contributed by atoms with Gasteiger partial charge >= 0.3 is 5.97 Å². The van der Waals surface area contributed by atoms with Gasteiger partial charge in [-0.05, 0) is 29.9 Å². The fourth-order valence-corrected chi connectivity index (χ4v) is 7.49. The number of fused-ring (bicyclic) bond motifs is 1. The molecule has 4 rings (SSSR count). The van der Waals surface area contributed by atoms with Gasteiger partial charge in [0.25, 0.3) is 0 Å². The van der Waals surface area contributed by atoms with Crippen molar-refractivity contribution in [3.63, 3.8) is 0 Å². The van der Waals surface area contributed by atoms with Crippen molar-refractivity contribution in [2.75, 3.05) is 11.5 Å². The second kappa shape index (κ2) is 7.03. The maximum Gasteiger partial charge on any atom is 0.327 e. The number of carbonyl (C=O) groups excluding carboxylic acids is 2. The van der Waals surface area contributed by atoms with Gasteiger partial charge < -0.3 is 21.1 Å². The summed E-state index contributed by atoms with van der Waals surface area (Å²) in [5.41, 5.74) is 6.69. The Morgan fingerprint density at radius 1 is 1.26 bits per heavy atom. The van der Waals surface area contributed by atoms with Gasteiger partial charge in [-0.1, -0.05) is 30.3 Å². The molecular formula is C18H21N3O4S2. The fourth-order valence-electron chi connectivity index (χ4n) is 4.08. The number of carboxylic acid groups (broad SMARTS) is 1. The van der Waals surface area contributed by atoms with Crippen LogP contribution in [-0.4, -0.2) is 61.5 Å². The molecule has 3 heterocycles. The van der Waals surface area contributed by atoms with Gasteiger partial charge in [0.2, 0.25) is 11.8 Å². The van der Waals surface area contributed by atoms with Crippen LogP contribution in [0.5, 0.6) is 0 Å². The number of nitrogens with zero attached hydrogens (tertiary/aromatic N) is 1. The summed E-state index contributed by atoms with van der Waals surface area (Å²) in [7, 11) is 0. The molecule has 1 aromatic carbocycles. The summed E-state index contributed by atoms with van der Waals surface area (Å²) < 4.78 is -0.460. The molecule has 3 unspecified atom stereocenters. The van der Waals surface area contributed by atoms with Crippen LogP contribution >= 0.6 is 23.5 Å². The molecule has 0 aromatic heterocycles. The van der Waals surface area contributed by atoms with Crippen molar-refractivity contribution in [1.82, 2.24) is 10.2 Å². The first-order chi connectivity index (χ1) is 12.9. The molecule has 3 aliphatic heterocycles. The number of aliphatic carboxylic acids is 1. The third-order valence-electron chi connectivity index (χ3n) is 5.52. The number of thioether (sulfide) groups is 2. The highest BCUT2D eigenvalue weighted by molar-refractivity contribution is 8.02. The van der Waals surface area contributed by atoms with E-state index in [2.05, 4.69) is 5.32 Å². The fraction of sp³-hybridized carbons (Fsp3) is 0.500. The van der Waals surface area contributed by atoms with Gasteiger partial charge in [-0.15, -0.1) is 11.8 Å². The van der Waals surface area contributed by atoms with Crippen LogP contribution in [0.25, 0.3) is 0 Å². The highest BCUT2D eigenvalue weighted by Gasteiger charge is 2.67. The number of β-lactam (4-membered cyclic amide) rings is 1. The molecule has 9 heteroatoms. The van der Waals surface area contributed by atoms with Gasteiger partial charge in [-0.2, -0.15) is 11.8 Å². The molecule has 1 aromatic rings. The Bertz CT molecular complexity index is 769. The van der Waals surface area contributed by atoms with Crippen LogP contribution < -0.4 is 11.1 Å². The average Bonchev–Trinajstić information content (AvgIpc) is 2.97.